The molecule has 1 fully saturated rings. The largest absolute Gasteiger partial charge is 0.396 e. The number of nitrogens with one attached hydrogen (secondary N) is 2. The van der Waals surface area contributed by atoms with Crippen molar-refractivity contribution in [1.29, 1.82) is 0 Å². The highest BCUT2D eigenvalue weighted by Crippen LogP contribution is 2.31. The second-order valence-electron chi connectivity index (χ2n) is 6.12. The van der Waals surface area contributed by atoms with E-state index in [1.807, 2.05) is 0 Å². The van der Waals surface area contributed by atoms with Crippen molar-refractivity contribution in [3.05, 3.63) is 41.8 Å². The van der Waals surface area contributed by atoms with Crippen LogP contribution in [0.5, 0.6) is 0 Å². The number of nitrogens with zero attached hydrogens (tertiary/aromatic N) is 1. The van der Waals surface area contributed by atoms with Gasteiger partial charge in [-0.15, -0.1) is 0 Å². The van der Waals surface area contributed by atoms with Gasteiger partial charge in [0, 0.05) is 30.7 Å². The highest BCUT2D eigenvalue weighted by Gasteiger charge is 2.35. The molecule has 2 aromatic rings. The summed E-state index contributed by atoms with van der Waals surface area (Å²) >= 11 is 0. The van der Waals surface area contributed by atoms with Gasteiger partial charge in [0.15, 0.2) is 0 Å². The number of benzene rings is 1. The minimum Gasteiger partial charge on any atom is -0.396 e. The fourth-order valence-electron chi connectivity index (χ4n) is 2.97. The average molecular weight is 333 g/mol. The van der Waals surface area contributed by atoms with Gasteiger partial charge in [0.2, 0.25) is 0 Å². The molecule has 1 aliphatic heterocycles. The van der Waals surface area contributed by atoms with Gasteiger partial charge in [-0.2, -0.15) is 5.10 Å². The zero-order valence-electron chi connectivity index (χ0n) is 13.2. The van der Waals surface area contributed by atoms with Crippen molar-refractivity contribution in [2.24, 2.45) is 5.41 Å². The summed E-state index contributed by atoms with van der Waals surface area (Å²) in [6.45, 7) is 1.67. The third kappa shape index (κ3) is 3.47. The van der Waals surface area contributed by atoms with E-state index in [9.17, 15) is 14.3 Å². The highest BCUT2D eigenvalue weighted by molar-refractivity contribution is 5.99. The van der Waals surface area contributed by atoms with Crippen LogP contribution in [-0.4, -0.2) is 47.6 Å². The monoisotopic (exact) mass is 333 g/mol. The molecule has 0 bridgehead atoms. The molecule has 0 saturated carbocycles. The van der Waals surface area contributed by atoms with Crippen molar-refractivity contribution in [1.82, 2.24) is 15.5 Å². The van der Waals surface area contributed by atoms with Crippen molar-refractivity contribution in [3.63, 3.8) is 0 Å². The first-order chi connectivity index (χ1) is 11.6. The van der Waals surface area contributed by atoms with E-state index in [0.717, 1.165) is 6.42 Å². The van der Waals surface area contributed by atoms with Crippen molar-refractivity contribution < 1.29 is 19.0 Å². The van der Waals surface area contributed by atoms with Crippen LogP contribution in [0.15, 0.2) is 30.5 Å². The molecule has 24 heavy (non-hydrogen) atoms. The van der Waals surface area contributed by atoms with Gasteiger partial charge in [0.1, 0.15) is 5.82 Å². The zero-order valence-corrected chi connectivity index (χ0v) is 13.2. The van der Waals surface area contributed by atoms with E-state index in [4.69, 9.17) is 4.74 Å². The lowest BCUT2D eigenvalue weighted by Crippen LogP contribution is -2.38. The summed E-state index contributed by atoms with van der Waals surface area (Å²) in [4.78, 5) is 12.5. The summed E-state index contributed by atoms with van der Waals surface area (Å²) in [5.41, 5.74) is 1.42. The minimum absolute atomic E-state index is 0.0613. The predicted molar refractivity (Wildman–Crippen MR) is 85.9 cm³/mol. The van der Waals surface area contributed by atoms with Crippen molar-refractivity contribution in [3.8, 4) is 11.3 Å². The molecule has 1 saturated heterocycles. The second kappa shape index (κ2) is 7.11. The third-order valence-electron chi connectivity index (χ3n) is 4.47. The Morgan fingerprint density at radius 2 is 2.21 bits per heavy atom. The average Bonchev–Trinajstić information content (AvgIpc) is 3.24. The topological polar surface area (TPSA) is 87.2 Å². The molecule has 128 valence electrons. The summed E-state index contributed by atoms with van der Waals surface area (Å²) in [7, 11) is 0. The first kappa shape index (κ1) is 16.6. The number of carbonyl (C=O) groups is 1. The number of hydrogen-bond donors (Lipinski definition) is 3. The Bertz CT molecular complexity index is 693. The van der Waals surface area contributed by atoms with Gasteiger partial charge in [0.25, 0.3) is 5.91 Å². The Hall–Kier alpha value is -2.25. The van der Waals surface area contributed by atoms with Crippen LogP contribution in [0.2, 0.25) is 0 Å². The molecule has 1 amide bonds. The van der Waals surface area contributed by atoms with E-state index >= 15 is 0 Å². The molecule has 1 aliphatic rings. The normalized spacial score (nSPS) is 20.2. The van der Waals surface area contributed by atoms with E-state index in [-0.39, 0.29) is 23.7 Å². The Balaban J connectivity index is 1.72. The molecule has 1 aromatic heterocycles. The van der Waals surface area contributed by atoms with Crippen LogP contribution in [0.1, 0.15) is 23.2 Å². The standard InChI is InChI=1S/C17H20FN3O3/c18-13-3-1-12(2-4-13)15-14(9-20-21-15)16(23)19-10-17(5-7-22)6-8-24-11-17/h1-4,9,22H,5-8,10-11H2,(H,19,23)(H,20,21). The SMILES string of the molecule is O=C(NCC1(CCO)CCOC1)c1cn[nH]c1-c1ccc(F)cc1. The van der Waals surface area contributed by atoms with Gasteiger partial charge in [-0.05, 0) is 37.1 Å². The Labute approximate surface area is 139 Å². The van der Waals surface area contributed by atoms with Crippen LogP contribution in [-0.2, 0) is 4.74 Å². The molecule has 6 nitrogen and oxygen atoms in total. The maximum absolute atomic E-state index is 13.1. The van der Waals surface area contributed by atoms with E-state index in [0.29, 0.717) is 43.0 Å². The molecule has 3 rings (SSSR count). The van der Waals surface area contributed by atoms with Crippen LogP contribution in [0.25, 0.3) is 11.3 Å². The number of hydrogen-bond acceptors (Lipinski definition) is 4. The summed E-state index contributed by atoms with van der Waals surface area (Å²) in [6.07, 6.45) is 2.85. The number of amides is 1. The molecule has 0 radical (unpaired) electrons. The number of rotatable bonds is 6. The number of H-pyrrole nitrogens is 1. The summed E-state index contributed by atoms with van der Waals surface area (Å²) in [5.74, 6) is -0.594. The summed E-state index contributed by atoms with van der Waals surface area (Å²) < 4.78 is 18.5. The fraction of sp³-hybridized carbons (Fsp3) is 0.412. The number of aromatic amines is 1. The van der Waals surface area contributed by atoms with Crippen LogP contribution >= 0.6 is 0 Å². The van der Waals surface area contributed by atoms with Gasteiger partial charge >= 0.3 is 0 Å². The van der Waals surface area contributed by atoms with Crippen LogP contribution < -0.4 is 5.32 Å². The first-order valence-corrected chi connectivity index (χ1v) is 7.90. The number of aliphatic hydroxyl groups is 1. The predicted octanol–water partition coefficient (Wildman–Crippen LogP) is 1.73. The van der Waals surface area contributed by atoms with Crippen LogP contribution in [0.4, 0.5) is 4.39 Å². The number of aromatic nitrogens is 2. The third-order valence-corrected chi connectivity index (χ3v) is 4.47. The zero-order chi connectivity index (χ0) is 17.0. The van der Waals surface area contributed by atoms with E-state index < -0.39 is 0 Å². The number of aliphatic hydroxyl groups excluding tert-OH is 1. The lowest BCUT2D eigenvalue weighted by atomic mass is 9.84. The molecule has 0 aliphatic carbocycles. The van der Waals surface area contributed by atoms with Crippen LogP contribution in [0, 0.1) is 11.2 Å². The minimum atomic E-state index is -0.337. The van der Waals surface area contributed by atoms with E-state index in [1.54, 1.807) is 12.1 Å². The second-order valence-corrected chi connectivity index (χ2v) is 6.12. The Morgan fingerprint density at radius 1 is 1.42 bits per heavy atom. The van der Waals surface area contributed by atoms with Gasteiger partial charge in [-0.1, -0.05) is 0 Å². The lowest BCUT2D eigenvalue weighted by Gasteiger charge is -2.26. The summed E-state index contributed by atoms with van der Waals surface area (Å²) in [6, 6.07) is 5.86. The molecular weight excluding hydrogens is 313 g/mol. The number of ether oxygens (including phenoxy) is 1. The molecule has 7 heteroatoms. The Morgan fingerprint density at radius 3 is 2.88 bits per heavy atom. The first-order valence-electron chi connectivity index (χ1n) is 7.90. The smallest absolute Gasteiger partial charge is 0.255 e. The van der Waals surface area contributed by atoms with Crippen molar-refractivity contribution in [2.75, 3.05) is 26.4 Å². The molecule has 1 aromatic carbocycles. The molecule has 3 N–H and O–H groups in total. The van der Waals surface area contributed by atoms with Crippen molar-refractivity contribution >= 4 is 5.91 Å². The number of carbonyl (C=O) groups excluding carboxylic acids is 1. The Kier molecular flexibility index (Phi) is 4.92. The van der Waals surface area contributed by atoms with Gasteiger partial charge in [0.05, 0.1) is 24.1 Å². The molecule has 2 heterocycles. The highest BCUT2D eigenvalue weighted by atomic mass is 19.1. The number of halogens is 1. The van der Waals surface area contributed by atoms with Gasteiger partial charge in [-0.3, -0.25) is 9.89 Å². The van der Waals surface area contributed by atoms with Crippen molar-refractivity contribution in [2.45, 2.75) is 12.8 Å². The van der Waals surface area contributed by atoms with E-state index in [1.165, 1.54) is 18.3 Å². The lowest BCUT2D eigenvalue weighted by molar-refractivity contribution is 0.0890. The quantitative estimate of drug-likeness (QED) is 0.751. The molecule has 1 unspecified atom stereocenters. The summed E-state index contributed by atoms with van der Waals surface area (Å²) in [5, 5.41) is 18.9. The fourth-order valence-corrected chi connectivity index (χ4v) is 2.97. The molecule has 1 atom stereocenters. The molecule has 0 spiro atoms. The van der Waals surface area contributed by atoms with E-state index in [2.05, 4.69) is 15.5 Å². The van der Waals surface area contributed by atoms with Gasteiger partial charge < -0.3 is 15.2 Å². The maximum atomic E-state index is 13.1. The van der Waals surface area contributed by atoms with Gasteiger partial charge in [-0.25, -0.2) is 4.39 Å². The maximum Gasteiger partial charge on any atom is 0.255 e. The molecular formula is C17H20FN3O3. The van der Waals surface area contributed by atoms with Crippen LogP contribution in [0.3, 0.4) is 0 Å².